The van der Waals surface area contributed by atoms with Crippen LogP contribution < -0.4 is 5.32 Å². The maximum atomic E-state index is 12.0. The Labute approximate surface area is 164 Å². The van der Waals surface area contributed by atoms with Gasteiger partial charge in [-0.2, -0.15) is 5.10 Å². The topological polar surface area (TPSA) is 90.1 Å². The zero-order valence-corrected chi connectivity index (χ0v) is 15.6. The molecule has 0 bridgehead atoms. The molecular weight excluding hydrogens is 388 g/mol. The number of nitrogens with one attached hydrogen (secondary N) is 1. The summed E-state index contributed by atoms with van der Waals surface area (Å²) >= 11 is 7.19. The number of benzene rings is 2. The second-order valence-electron chi connectivity index (χ2n) is 5.59. The number of hydrogen-bond acceptors (Lipinski definition) is 5. The van der Waals surface area contributed by atoms with Crippen molar-refractivity contribution in [3.63, 3.8) is 0 Å². The quantitative estimate of drug-likeness (QED) is 0.368. The monoisotopic (exact) mass is 402 g/mol. The first-order valence-corrected chi connectivity index (χ1v) is 9.31. The van der Waals surface area contributed by atoms with Crippen LogP contribution in [-0.2, 0) is 11.3 Å². The van der Waals surface area contributed by atoms with Gasteiger partial charge in [-0.05, 0) is 36.4 Å². The molecule has 7 nitrogen and oxygen atoms in total. The highest BCUT2D eigenvalue weighted by molar-refractivity contribution is 8.00. The summed E-state index contributed by atoms with van der Waals surface area (Å²) in [5.74, 6) is 0.0981. The van der Waals surface area contributed by atoms with Gasteiger partial charge in [-0.1, -0.05) is 11.6 Å². The predicted molar refractivity (Wildman–Crippen MR) is 104 cm³/mol. The summed E-state index contributed by atoms with van der Waals surface area (Å²) in [6.07, 6.45) is 3.53. The van der Waals surface area contributed by atoms with Crippen LogP contribution in [0.3, 0.4) is 0 Å². The largest absolute Gasteiger partial charge is 0.351 e. The lowest BCUT2D eigenvalue weighted by Gasteiger charge is -2.04. The van der Waals surface area contributed by atoms with Crippen molar-refractivity contribution in [1.82, 2.24) is 15.1 Å². The predicted octanol–water partition coefficient (Wildman–Crippen LogP) is 3.84. The Kier molecular flexibility index (Phi) is 6.10. The standard InChI is InChI=1S/C18H15ClN4O3S/c19-14-1-3-15(4-2-14)22-11-13(10-21-22)9-20-18(24)12-27-17-7-5-16(6-8-17)23(25)26/h1-8,10-11H,9,12H2,(H,20,24). The summed E-state index contributed by atoms with van der Waals surface area (Å²) < 4.78 is 1.71. The number of amides is 1. The zero-order chi connectivity index (χ0) is 19.2. The minimum Gasteiger partial charge on any atom is -0.351 e. The summed E-state index contributed by atoms with van der Waals surface area (Å²) in [5.41, 5.74) is 1.78. The molecular formula is C18H15ClN4O3S. The molecule has 0 fully saturated rings. The maximum absolute atomic E-state index is 12.0. The van der Waals surface area contributed by atoms with Crippen molar-refractivity contribution in [2.24, 2.45) is 0 Å². The Morgan fingerprint density at radius 3 is 2.56 bits per heavy atom. The summed E-state index contributed by atoms with van der Waals surface area (Å²) in [7, 11) is 0. The van der Waals surface area contributed by atoms with Gasteiger partial charge in [0.25, 0.3) is 5.69 Å². The van der Waals surface area contributed by atoms with E-state index in [-0.39, 0.29) is 17.3 Å². The number of nitro groups is 1. The van der Waals surface area contributed by atoms with Gasteiger partial charge in [0.2, 0.25) is 5.91 Å². The van der Waals surface area contributed by atoms with Crippen molar-refractivity contribution in [3.05, 3.63) is 81.6 Å². The molecule has 27 heavy (non-hydrogen) atoms. The van der Waals surface area contributed by atoms with Gasteiger partial charge < -0.3 is 5.32 Å². The fourth-order valence-corrected chi connectivity index (χ4v) is 3.11. The van der Waals surface area contributed by atoms with E-state index >= 15 is 0 Å². The number of carbonyl (C=O) groups is 1. The van der Waals surface area contributed by atoms with Crippen LogP contribution in [0.5, 0.6) is 0 Å². The number of nitro benzene ring substituents is 1. The van der Waals surface area contributed by atoms with Crippen molar-refractivity contribution in [2.45, 2.75) is 11.4 Å². The second-order valence-corrected chi connectivity index (χ2v) is 7.07. The molecule has 1 amide bonds. The Morgan fingerprint density at radius 2 is 1.89 bits per heavy atom. The number of halogens is 1. The number of thioether (sulfide) groups is 1. The first-order chi connectivity index (χ1) is 13.0. The normalized spacial score (nSPS) is 10.6. The molecule has 0 atom stereocenters. The van der Waals surface area contributed by atoms with Crippen LogP contribution in [0, 0.1) is 10.1 Å². The third-order valence-corrected chi connectivity index (χ3v) is 4.90. The SMILES string of the molecule is O=C(CSc1ccc([N+](=O)[O-])cc1)NCc1cnn(-c2ccc(Cl)cc2)c1. The van der Waals surface area contributed by atoms with Crippen LogP contribution in [0.4, 0.5) is 5.69 Å². The molecule has 0 saturated heterocycles. The number of rotatable bonds is 7. The van der Waals surface area contributed by atoms with E-state index in [2.05, 4.69) is 10.4 Å². The van der Waals surface area contributed by atoms with Gasteiger partial charge in [0.05, 0.1) is 22.6 Å². The van der Waals surface area contributed by atoms with Crippen LogP contribution in [0.2, 0.25) is 5.02 Å². The smallest absolute Gasteiger partial charge is 0.269 e. The fraction of sp³-hybridized carbons (Fsp3) is 0.111. The minimum atomic E-state index is -0.453. The van der Waals surface area contributed by atoms with Crippen molar-refractivity contribution in [3.8, 4) is 5.69 Å². The highest BCUT2D eigenvalue weighted by Gasteiger charge is 2.07. The lowest BCUT2D eigenvalue weighted by molar-refractivity contribution is -0.384. The van der Waals surface area contributed by atoms with Gasteiger partial charge in [-0.25, -0.2) is 4.68 Å². The number of hydrogen-bond donors (Lipinski definition) is 1. The molecule has 0 saturated carbocycles. The highest BCUT2D eigenvalue weighted by atomic mass is 35.5. The molecule has 0 aliphatic heterocycles. The molecule has 0 unspecified atom stereocenters. The van der Waals surface area contributed by atoms with E-state index in [0.717, 1.165) is 16.1 Å². The molecule has 0 aliphatic rings. The van der Waals surface area contributed by atoms with Crippen molar-refractivity contribution < 1.29 is 9.72 Å². The number of nitrogens with zero attached hydrogens (tertiary/aromatic N) is 3. The lowest BCUT2D eigenvalue weighted by atomic mass is 10.3. The molecule has 1 N–H and O–H groups in total. The molecule has 1 aromatic heterocycles. The first kappa shape index (κ1) is 18.9. The van der Waals surface area contributed by atoms with Crippen molar-refractivity contribution in [2.75, 3.05) is 5.75 Å². The molecule has 9 heteroatoms. The van der Waals surface area contributed by atoms with E-state index < -0.39 is 4.92 Å². The van der Waals surface area contributed by atoms with E-state index in [4.69, 9.17) is 11.6 Å². The fourth-order valence-electron chi connectivity index (χ4n) is 2.25. The average Bonchev–Trinajstić information content (AvgIpc) is 3.14. The van der Waals surface area contributed by atoms with Crippen LogP contribution in [0.15, 0.2) is 65.8 Å². The molecule has 3 rings (SSSR count). The first-order valence-electron chi connectivity index (χ1n) is 7.95. The molecule has 3 aromatic rings. The Balaban J connectivity index is 1.48. The highest BCUT2D eigenvalue weighted by Crippen LogP contribution is 2.21. The van der Waals surface area contributed by atoms with E-state index in [1.165, 1.54) is 23.9 Å². The van der Waals surface area contributed by atoms with Gasteiger partial charge >= 0.3 is 0 Å². The Hall–Kier alpha value is -2.84. The number of aromatic nitrogens is 2. The second kappa shape index (κ2) is 8.70. The van der Waals surface area contributed by atoms with Crippen LogP contribution in [0.25, 0.3) is 5.69 Å². The zero-order valence-electron chi connectivity index (χ0n) is 14.0. The molecule has 0 aliphatic carbocycles. The number of non-ortho nitro benzene ring substituents is 1. The third-order valence-electron chi connectivity index (χ3n) is 3.63. The maximum Gasteiger partial charge on any atom is 0.269 e. The average molecular weight is 403 g/mol. The molecule has 0 spiro atoms. The minimum absolute atomic E-state index is 0.0292. The van der Waals surface area contributed by atoms with Crippen LogP contribution >= 0.6 is 23.4 Å². The summed E-state index contributed by atoms with van der Waals surface area (Å²) in [6.45, 7) is 0.368. The van der Waals surface area contributed by atoms with Gasteiger partial charge in [0.1, 0.15) is 0 Å². The summed E-state index contributed by atoms with van der Waals surface area (Å²) in [5, 5.41) is 18.4. The third kappa shape index (κ3) is 5.32. The lowest BCUT2D eigenvalue weighted by Crippen LogP contribution is -2.24. The summed E-state index contributed by atoms with van der Waals surface area (Å²) in [4.78, 5) is 23.0. The molecule has 138 valence electrons. The van der Waals surface area contributed by atoms with E-state index in [1.807, 2.05) is 18.3 Å². The van der Waals surface area contributed by atoms with Gasteiger partial charge in [-0.3, -0.25) is 14.9 Å². The molecule has 0 radical (unpaired) electrons. The Morgan fingerprint density at radius 1 is 1.19 bits per heavy atom. The van der Waals surface area contributed by atoms with E-state index in [9.17, 15) is 14.9 Å². The molecule has 1 heterocycles. The summed E-state index contributed by atoms with van der Waals surface area (Å²) in [6, 6.07) is 13.4. The van der Waals surface area contributed by atoms with Crippen molar-refractivity contribution in [1.29, 1.82) is 0 Å². The van der Waals surface area contributed by atoms with Crippen molar-refractivity contribution >= 4 is 35.0 Å². The van der Waals surface area contributed by atoms with Crippen LogP contribution in [-0.4, -0.2) is 26.4 Å². The number of carbonyl (C=O) groups excluding carboxylic acids is 1. The van der Waals surface area contributed by atoms with Crippen LogP contribution in [0.1, 0.15) is 5.56 Å². The van der Waals surface area contributed by atoms with E-state index in [1.54, 1.807) is 35.1 Å². The van der Waals surface area contributed by atoms with Gasteiger partial charge in [0, 0.05) is 40.4 Å². The van der Waals surface area contributed by atoms with Gasteiger partial charge in [0.15, 0.2) is 0 Å². The Bertz CT molecular complexity index is 942. The van der Waals surface area contributed by atoms with Gasteiger partial charge in [-0.15, -0.1) is 11.8 Å². The van der Waals surface area contributed by atoms with E-state index in [0.29, 0.717) is 11.6 Å². The molecule has 2 aromatic carbocycles.